The van der Waals surface area contributed by atoms with Gasteiger partial charge in [-0.05, 0) is 48.8 Å². The molecule has 4 heteroatoms. The number of hydrogen-bond acceptors (Lipinski definition) is 2. The van der Waals surface area contributed by atoms with Gasteiger partial charge >= 0.3 is 0 Å². The summed E-state index contributed by atoms with van der Waals surface area (Å²) < 4.78 is 19.4. The number of hydrogen-bond donors (Lipinski definition) is 1. The van der Waals surface area contributed by atoms with Crippen LogP contribution in [0.25, 0.3) is 0 Å². The maximum Gasteiger partial charge on any atom is 0.130 e. The lowest BCUT2D eigenvalue weighted by Crippen LogP contribution is -2.34. The van der Waals surface area contributed by atoms with Gasteiger partial charge in [0.1, 0.15) is 16.6 Å². The van der Waals surface area contributed by atoms with Gasteiger partial charge in [-0.3, -0.25) is 0 Å². The fourth-order valence-corrected chi connectivity index (χ4v) is 3.48. The van der Waals surface area contributed by atoms with Crippen LogP contribution in [-0.4, -0.2) is 11.1 Å². The van der Waals surface area contributed by atoms with Crippen LogP contribution in [0, 0.1) is 17.2 Å². The highest BCUT2D eigenvalue weighted by Gasteiger charge is 2.33. The van der Waals surface area contributed by atoms with Gasteiger partial charge in [0, 0.05) is 0 Å². The van der Waals surface area contributed by atoms with E-state index in [0.717, 1.165) is 12.8 Å². The van der Waals surface area contributed by atoms with Crippen molar-refractivity contribution in [1.29, 1.82) is 0 Å². The normalized spacial score (nSPS) is 25.2. The summed E-state index contributed by atoms with van der Waals surface area (Å²) >= 11 is 4.98. The Morgan fingerprint density at radius 3 is 2.70 bits per heavy atom. The minimum Gasteiger partial charge on any atom is -0.490 e. The summed E-state index contributed by atoms with van der Waals surface area (Å²) in [7, 11) is 0. The van der Waals surface area contributed by atoms with Crippen LogP contribution in [0.4, 0.5) is 4.39 Å². The molecule has 1 aliphatic rings. The van der Waals surface area contributed by atoms with Crippen LogP contribution in [0.5, 0.6) is 5.75 Å². The molecule has 0 spiro atoms. The number of nitrogens with two attached hydrogens (primary N) is 1. The molecule has 20 heavy (non-hydrogen) atoms. The molecule has 1 saturated carbocycles. The van der Waals surface area contributed by atoms with Crippen molar-refractivity contribution in [2.24, 2.45) is 17.1 Å². The zero-order valence-electron chi connectivity index (χ0n) is 12.3. The monoisotopic (exact) mass is 295 g/mol. The molecule has 0 saturated heterocycles. The van der Waals surface area contributed by atoms with E-state index in [-0.39, 0.29) is 22.3 Å². The Hall–Kier alpha value is -1.16. The van der Waals surface area contributed by atoms with Gasteiger partial charge in [-0.1, -0.05) is 33.0 Å². The molecule has 0 amide bonds. The lowest BCUT2D eigenvalue weighted by atomic mass is 9.71. The van der Waals surface area contributed by atoms with Crippen molar-refractivity contribution >= 4 is 17.2 Å². The van der Waals surface area contributed by atoms with Gasteiger partial charge in [0.05, 0.1) is 11.7 Å². The SMILES string of the molecule is CC1CC(Oc2ccc(F)cc2C(N)=S)CC(C)(C)C1. The van der Waals surface area contributed by atoms with Gasteiger partial charge < -0.3 is 10.5 Å². The van der Waals surface area contributed by atoms with Crippen molar-refractivity contribution in [3.63, 3.8) is 0 Å². The van der Waals surface area contributed by atoms with Crippen molar-refractivity contribution in [3.05, 3.63) is 29.6 Å². The average molecular weight is 295 g/mol. The molecule has 0 bridgehead atoms. The molecule has 2 rings (SSSR count). The molecule has 1 aromatic carbocycles. The van der Waals surface area contributed by atoms with Gasteiger partial charge in [0.15, 0.2) is 0 Å². The molecule has 2 nitrogen and oxygen atoms in total. The summed E-state index contributed by atoms with van der Waals surface area (Å²) in [5.74, 6) is 0.865. The lowest BCUT2D eigenvalue weighted by Gasteiger charge is -2.39. The Morgan fingerprint density at radius 2 is 2.10 bits per heavy atom. The molecule has 1 aliphatic carbocycles. The van der Waals surface area contributed by atoms with Crippen molar-refractivity contribution in [1.82, 2.24) is 0 Å². The second kappa shape index (κ2) is 5.68. The highest BCUT2D eigenvalue weighted by Crippen LogP contribution is 2.40. The first kappa shape index (κ1) is 15.2. The molecule has 2 N–H and O–H groups in total. The fraction of sp³-hybridized carbons (Fsp3) is 0.562. The quantitative estimate of drug-likeness (QED) is 0.854. The van der Waals surface area contributed by atoms with Crippen LogP contribution >= 0.6 is 12.2 Å². The van der Waals surface area contributed by atoms with Crippen LogP contribution in [0.15, 0.2) is 18.2 Å². The standard InChI is InChI=1S/C16H22FNOS/c1-10-6-12(9-16(2,3)8-10)19-14-5-4-11(17)7-13(14)15(18)20/h4-5,7,10,12H,6,8-9H2,1-3H3,(H2,18,20). The smallest absolute Gasteiger partial charge is 0.130 e. The van der Waals surface area contributed by atoms with E-state index in [1.807, 2.05) is 0 Å². The molecular weight excluding hydrogens is 273 g/mol. The predicted molar refractivity (Wildman–Crippen MR) is 83.5 cm³/mol. The molecule has 0 aromatic heterocycles. The molecule has 2 atom stereocenters. The third-order valence-corrected chi connectivity index (χ3v) is 4.07. The summed E-state index contributed by atoms with van der Waals surface area (Å²) in [6, 6.07) is 4.35. The van der Waals surface area contributed by atoms with Crippen molar-refractivity contribution in [3.8, 4) is 5.75 Å². The molecule has 0 heterocycles. The van der Waals surface area contributed by atoms with Gasteiger partial charge in [0.25, 0.3) is 0 Å². The maximum absolute atomic E-state index is 13.3. The summed E-state index contributed by atoms with van der Waals surface area (Å²) in [4.78, 5) is 0.169. The van der Waals surface area contributed by atoms with E-state index < -0.39 is 0 Å². The van der Waals surface area contributed by atoms with Gasteiger partial charge in [-0.25, -0.2) is 4.39 Å². The Labute approximate surface area is 125 Å². The van der Waals surface area contributed by atoms with Gasteiger partial charge in [-0.15, -0.1) is 0 Å². The van der Waals surface area contributed by atoms with E-state index in [0.29, 0.717) is 17.2 Å². The van der Waals surface area contributed by atoms with E-state index in [4.69, 9.17) is 22.7 Å². The van der Waals surface area contributed by atoms with Crippen molar-refractivity contribution in [2.45, 2.75) is 46.1 Å². The molecular formula is C16H22FNOS. The van der Waals surface area contributed by atoms with Crippen LogP contribution in [0.1, 0.15) is 45.6 Å². The Balaban J connectivity index is 2.19. The van der Waals surface area contributed by atoms with Gasteiger partial charge in [0.2, 0.25) is 0 Å². The van der Waals surface area contributed by atoms with Crippen molar-refractivity contribution < 1.29 is 9.13 Å². The molecule has 0 radical (unpaired) electrons. The Bertz CT molecular complexity index is 515. The number of thiocarbonyl (C=S) groups is 1. The average Bonchev–Trinajstić information content (AvgIpc) is 2.28. The Morgan fingerprint density at radius 1 is 1.40 bits per heavy atom. The first-order chi connectivity index (χ1) is 9.27. The van der Waals surface area contributed by atoms with E-state index in [1.54, 1.807) is 6.07 Å². The highest BCUT2D eigenvalue weighted by molar-refractivity contribution is 7.80. The number of halogens is 1. The van der Waals surface area contributed by atoms with Crippen LogP contribution in [0.2, 0.25) is 0 Å². The number of rotatable bonds is 3. The van der Waals surface area contributed by atoms with Crippen LogP contribution in [-0.2, 0) is 0 Å². The number of benzene rings is 1. The second-order valence-electron chi connectivity index (χ2n) is 6.66. The van der Waals surface area contributed by atoms with E-state index in [1.165, 1.54) is 18.6 Å². The highest BCUT2D eigenvalue weighted by atomic mass is 32.1. The summed E-state index contributed by atoms with van der Waals surface area (Å²) in [6.45, 7) is 6.77. The minimum absolute atomic E-state index is 0.132. The largest absolute Gasteiger partial charge is 0.490 e. The van der Waals surface area contributed by atoms with Gasteiger partial charge in [-0.2, -0.15) is 0 Å². The summed E-state index contributed by atoms with van der Waals surface area (Å²) in [5.41, 5.74) is 6.41. The van der Waals surface area contributed by atoms with E-state index in [2.05, 4.69) is 20.8 Å². The van der Waals surface area contributed by atoms with E-state index in [9.17, 15) is 4.39 Å². The maximum atomic E-state index is 13.3. The molecule has 1 aromatic rings. The second-order valence-corrected chi connectivity index (χ2v) is 7.10. The zero-order chi connectivity index (χ0) is 14.9. The van der Waals surface area contributed by atoms with E-state index >= 15 is 0 Å². The number of ether oxygens (including phenoxy) is 1. The predicted octanol–water partition coefficient (Wildman–Crippen LogP) is 4.05. The molecule has 110 valence electrons. The Kier molecular flexibility index (Phi) is 4.33. The molecule has 0 aliphatic heterocycles. The third-order valence-electron chi connectivity index (χ3n) is 3.85. The third kappa shape index (κ3) is 3.69. The van der Waals surface area contributed by atoms with Crippen LogP contribution in [0.3, 0.4) is 0 Å². The summed E-state index contributed by atoms with van der Waals surface area (Å²) in [5, 5.41) is 0. The molecule has 2 unspecified atom stereocenters. The summed E-state index contributed by atoms with van der Waals surface area (Å²) in [6.07, 6.45) is 3.34. The lowest BCUT2D eigenvalue weighted by molar-refractivity contribution is 0.0561. The van der Waals surface area contributed by atoms with Crippen molar-refractivity contribution in [2.75, 3.05) is 0 Å². The molecule has 1 fully saturated rings. The first-order valence-electron chi connectivity index (χ1n) is 7.03. The zero-order valence-corrected chi connectivity index (χ0v) is 13.1. The fourth-order valence-electron chi connectivity index (χ4n) is 3.33. The van der Waals surface area contributed by atoms with Crippen LogP contribution < -0.4 is 10.5 Å². The topological polar surface area (TPSA) is 35.2 Å². The minimum atomic E-state index is -0.350. The first-order valence-corrected chi connectivity index (χ1v) is 7.44.